The molecule has 0 amide bonds. The zero-order chi connectivity index (χ0) is 12.0. The SMILES string of the molecule is CC(N)CCCNCc1cc(Br)ccc1F. The van der Waals surface area contributed by atoms with Crippen molar-refractivity contribution in [3.63, 3.8) is 0 Å². The van der Waals surface area contributed by atoms with E-state index in [-0.39, 0.29) is 11.9 Å². The van der Waals surface area contributed by atoms with Crippen LogP contribution < -0.4 is 11.1 Å². The van der Waals surface area contributed by atoms with Crippen LogP contribution in [0.15, 0.2) is 22.7 Å². The van der Waals surface area contributed by atoms with Crippen molar-refractivity contribution in [3.05, 3.63) is 34.1 Å². The van der Waals surface area contributed by atoms with Crippen LogP contribution in [0.3, 0.4) is 0 Å². The molecule has 0 bridgehead atoms. The number of nitrogens with one attached hydrogen (secondary N) is 1. The lowest BCUT2D eigenvalue weighted by molar-refractivity contribution is 0.555. The summed E-state index contributed by atoms with van der Waals surface area (Å²) in [7, 11) is 0. The smallest absolute Gasteiger partial charge is 0.127 e. The van der Waals surface area contributed by atoms with Crippen LogP contribution in [0.1, 0.15) is 25.3 Å². The van der Waals surface area contributed by atoms with Crippen LogP contribution >= 0.6 is 15.9 Å². The molecule has 0 aliphatic carbocycles. The molecule has 0 heterocycles. The fourth-order valence-electron chi connectivity index (χ4n) is 1.45. The van der Waals surface area contributed by atoms with Gasteiger partial charge in [0, 0.05) is 22.6 Å². The van der Waals surface area contributed by atoms with E-state index < -0.39 is 0 Å². The molecular weight excluding hydrogens is 271 g/mol. The van der Waals surface area contributed by atoms with E-state index in [1.165, 1.54) is 6.07 Å². The van der Waals surface area contributed by atoms with Gasteiger partial charge in [-0.05, 0) is 44.5 Å². The van der Waals surface area contributed by atoms with Crippen molar-refractivity contribution >= 4 is 15.9 Å². The maximum Gasteiger partial charge on any atom is 0.127 e. The van der Waals surface area contributed by atoms with Crippen LogP contribution in [0.5, 0.6) is 0 Å². The van der Waals surface area contributed by atoms with E-state index in [1.54, 1.807) is 12.1 Å². The molecule has 90 valence electrons. The summed E-state index contributed by atoms with van der Waals surface area (Å²) in [6.07, 6.45) is 2.02. The first-order valence-corrected chi connectivity index (χ1v) is 6.29. The Hall–Kier alpha value is -0.450. The zero-order valence-corrected chi connectivity index (χ0v) is 11.1. The lowest BCUT2D eigenvalue weighted by atomic mass is 10.2. The topological polar surface area (TPSA) is 38.0 Å². The van der Waals surface area contributed by atoms with Gasteiger partial charge in [-0.1, -0.05) is 15.9 Å². The van der Waals surface area contributed by atoms with E-state index in [1.807, 2.05) is 6.92 Å². The first-order chi connectivity index (χ1) is 7.59. The standard InChI is InChI=1S/C12H18BrFN2/c1-9(15)3-2-6-16-8-10-7-11(13)4-5-12(10)14/h4-5,7,9,16H,2-3,6,8,15H2,1H3. The van der Waals surface area contributed by atoms with Crippen LogP contribution in [-0.4, -0.2) is 12.6 Å². The Morgan fingerprint density at radius 2 is 2.25 bits per heavy atom. The molecule has 0 saturated heterocycles. The Labute approximate surface area is 105 Å². The van der Waals surface area contributed by atoms with Crippen molar-refractivity contribution in [1.29, 1.82) is 0 Å². The summed E-state index contributed by atoms with van der Waals surface area (Å²) in [5.41, 5.74) is 6.33. The van der Waals surface area contributed by atoms with E-state index >= 15 is 0 Å². The largest absolute Gasteiger partial charge is 0.328 e. The third-order valence-electron chi connectivity index (χ3n) is 2.34. The van der Waals surface area contributed by atoms with Gasteiger partial charge in [-0.15, -0.1) is 0 Å². The van der Waals surface area contributed by atoms with Gasteiger partial charge in [0.05, 0.1) is 0 Å². The van der Waals surface area contributed by atoms with Gasteiger partial charge >= 0.3 is 0 Å². The number of benzene rings is 1. The van der Waals surface area contributed by atoms with E-state index in [2.05, 4.69) is 21.2 Å². The van der Waals surface area contributed by atoms with Gasteiger partial charge < -0.3 is 11.1 Å². The molecule has 1 unspecified atom stereocenters. The fraction of sp³-hybridized carbons (Fsp3) is 0.500. The third-order valence-corrected chi connectivity index (χ3v) is 2.83. The summed E-state index contributed by atoms with van der Waals surface area (Å²) in [5.74, 6) is -0.164. The number of hydrogen-bond acceptors (Lipinski definition) is 2. The predicted molar refractivity (Wildman–Crippen MR) is 68.7 cm³/mol. The summed E-state index contributed by atoms with van der Waals surface area (Å²) in [5, 5.41) is 3.21. The first-order valence-electron chi connectivity index (χ1n) is 5.50. The fourth-order valence-corrected chi connectivity index (χ4v) is 1.86. The summed E-state index contributed by atoms with van der Waals surface area (Å²) in [6.45, 7) is 3.42. The molecule has 0 fully saturated rings. The molecule has 0 aliphatic rings. The maximum absolute atomic E-state index is 13.3. The molecule has 0 spiro atoms. The Morgan fingerprint density at radius 1 is 1.50 bits per heavy atom. The van der Waals surface area contributed by atoms with Crippen molar-refractivity contribution in [3.8, 4) is 0 Å². The van der Waals surface area contributed by atoms with Crippen LogP contribution in [0.4, 0.5) is 4.39 Å². The summed E-state index contributed by atoms with van der Waals surface area (Å²) in [6, 6.07) is 5.22. The lowest BCUT2D eigenvalue weighted by Crippen LogP contribution is -2.20. The van der Waals surface area contributed by atoms with Gasteiger partial charge in [0.1, 0.15) is 5.82 Å². The summed E-state index contributed by atoms with van der Waals surface area (Å²) < 4.78 is 14.2. The summed E-state index contributed by atoms with van der Waals surface area (Å²) >= 11 is 3.33. The second-order valence-corrected chi connectivity index (χ2v) is 4.95. The number of hydrogen-bond donors (Lipinski definition) is 2. The predicted octanol–water partition coefficient (Wildman–Crippen LogP) is 2.81. The van der Waals surface area contributed by atoms with E-state index in [0.29, 0.717) is 12.1 Å². The van der Waals surface area contributed by atoms with E-state index in [9.17, 15) is 4.39 Å². The van der Waals surface area contributed by atoms with Gasteiger partial charge in [0.15, 0.2) is 0 Å². The quantitative estimate of drug-likeness (QED) is 0.790. The minimum atomic E-state index is -0.164. The van der Waals surface area contributed by atoms with Crippen LogP contribution in [0, 0.1) is 5.82 Å². The third kappa shape index (κ3) is 5.05. The minimum Gasteiger partial charge on any atom is -0.328 e. The number of nitrogens with two attached hydrogens (primary N) is 1. The molecule has 16 heavy (non-hydrogen) atoms. The molecule has 1 aromatic carbocycles. The first kappa shape index (κ1) is 13.6. The zero-order valence-electron chi connectivity index (χ0n) is 9.47. The average Bonchev–Trinajstić information content (AvgIpc) is 2.22. The molecule has 1 aromatic rings. The molecule has 1 rings (SSSR count). The minimum absolute atomic E-state index is 0.164. The van der Waals surface area contributed by atoms with Gasteiger partial charge in [0.25, 0.3) is 0 Å². The normalized spacial score (nSPS) is 12.8. The van der Waals surface area contributed by atoms with Crippen LogP contribution in [-0.2, 0) is 6.54 Å². The van der Waals surface area contributed by atoms with Crippen molar-refractivity contribution in [2.75, 3.05) is 6.54 Å². The monoisotopic (exact) mass is 288 g/mol. The molecule has 4 heteroatoms. The van der Waals surface area contributed by atoms with Crippen molar-refractivity contribution < 1.29 is 4.39 Å². The van der Waals surface area contributed by atoms with Gasteiger partial charge in [0.2, 0.25) is 0 Å². The highest BCUT2D eigenvalue weighted by atomic mass is 79.9. The molecule has 2 nitrogen and oxygen atoms in total. The Bertz CT molecular complexity index is 329. The van der Waals surface area contributed by atoms with Crippen molar-refractivity contribution in [2.24, 2.45) is 5.73 Å². The molecule has 0 saturated carbocycles. The highest BCUT2D eigenvalue weighted by Gasteiger charge is 2.02. The molecular formula is C12H18BrFN2. The van der Waals surface area contributed by atoms with Crippen molar-refractivity contribution in [2.45, 2.75) is 32.4 Å². The number of halogens is 2. The summed E-state index contributed by atoms with van der Waals surface area (Å²) in [4.78, 5) is 0. The second kappa shape index (κ2) is 6.99. The van der Waals surface area contributed by atoms with Gasteiger partial charge in [-0.3, -0.25) is 0 Å². The Morgan fingerprint density at radius 3 is 2.94 bits per heavy atom. The molecule has 3 N–H and O–H groups in total. The van der Waals surface area contributed by atoms with Gasteiger partial charge in [-0.2, -0.15) is 0 Å². The highest BCUT2D eigenvalue weighted by molar-refractivity contribution is 9.10. The molecule has 0 radical (unpaired) electrons. The van der Waals surface area contributed by atoms with Gasteiger partial charge in [-0.25, -0.2) is 4.39 Å². The highest BCUT2D eigenvalue weighted by Crippen LogP contribution is 2.15. The number of rotatable bonds is 6. The lowest BCUT2D eigenvalue weighted by Gasteiger charge is -2.07. The molecule has 0 aromatic heterocycles. The maximum atomic E-state index is 13.3. The van der Waals surface area contributed by atoms with E-state index in [4.69, 9.17) is 5.73 Å². The molecule has 1 atom stereocenters. The Balaban J connectivity index is 2.29. The van der Waals surface area contributed by atoms with Crippen molar-refractivity contribution in [1.82, 2.24) is 5.32 Å². The van der Waals surface area contributed by atoms with E-state index in [0.717, 1.165) is 23.9 Å². The Kier molecular flexibility index (Phi) is 5.95. The van der Waals surface area contributed by atoms with Crippen LogP contribution in [0.2, 0.25) is 0 Å². The second-order valence-electron chi connectivity index (χ2n) is 4.03. The average molecular weight is 289 g/mol. The molecule has 0 aliphatic heterocycles. The van der Waals surface area contributed by atoms with Crippen LogP contribution in [0.25, 0.3) is 0 Å².